The SMILES string of the molecule is C1=CC2NNCC2=C2C=c3ccccc3=C12. The van der Waals surface area contributed by atoms with E-state index in [2.05, 4.69) is 53.3 Å². The molecule has 0 bridgehead atoms. The molecule has 0 spiro atoms. The van der Waals surface area contributed by atoms with Crippen LogP contribution in [0.25, 0.3) is 11.6 Å². The molecule has 1 aromatic rings. The molecule has 1 unspecified atom stereocenters. The van der Waals surface area contributed by atoms with Crippen molar-refractivity contribution >= 4 is 11.6 Å². The molecule has 2 N–H and O–H groups in total. The highest BCUT2D eigenvalue weighted by atomic mass is 15.4. The van der Waals surface area contributed by atoms with Crippen molar-refractivity contribution in [2.75, 3.05) is 6.54 Å². The smallest absolute Gasteiger partial charge is 0.0628 e. The van der Waals surface area contributed by atoms with Crippen LogP contribution in [0, 0.1) is 0 Å². The molecule has 1 heterocycles. The Kier molecular flexibility index (Phi) is 1.56. The van der Waals surface area contributed by atoms with Gasteiger partial charge in [-0.05, 0) is 33.2 Å². The van der Waals surface area contributed by atoms with Crippen LogP contribution in [-0.4, -0.2) is 12.6 Å². The maximum absolute atomic E-state index is 3.27. The molecule has 1 saturated heterocycles. The van der Waals surface area contributed by atoms with E-state index >= 15 is 0 Å². The Balaban J connectivity index is 2.11. The first-order chi connectivity index (χ1) is 7.93. The van der Waals surface area contributed by atoms with Crippen molar-refractivity contribution in [3.05, 3.63) is 58.0 Å². The summed E-state index contributed by atoms with van der Waals surface area (Å²) in [4.78, 5) is 0. The predicted octanol–water partition coefficient (Wildman–Crippen LogP) is -0.0258. The van der Waals surface area contributed by atoms with Crippen LogP contribution in [0.4, 0.5) is 0 Å². The van der Waals surface area contributed by atoms with Crippen molar-refractivity contribution in [3.63, 3.8) is 0 Å². The second-order valence-corrected chi connectivity index (χ2v) is 4.42. The summed E-state index contributed by atoms with van der Waals surface area (Å²) in [6.07, 6.45) is 6.79. The number of nitrogens with one attached hydrogen (secondary N) is 2. The Morgan fingerprint density at radius 2 is 2.06 bits per heavy atom. The molecule has 2 nitrogen and oxygen atoms in total. The van der Waals surface area contributed by atoms with Gasteiger partial charge in [0.2, 0.25) is 0 Å². The van der Waals surface area contributed by atoms with Gasteiger partial charge in [0.15, 0.2) is 0 Å². The zero-order valence-electron chi connectivity index (χ0n) is 8.83. The van der Waals surface area contributed by atoms with Gasteiger partial charge < -0.3 is 0 Å². The molecule has 2 heteroatoms. The highest BCUT2D eigenvalue weighted by molar-refractivity contribution is 5.90. The molecule has 0 aromatic heterocycles. The van der Waals surface area contributed by atoms with Crippen LogP contribution in [0.1, 0.15) is 0 Å². The standard InChI is InChI=1S/C14H12N2/c1-2-4-10-9(3-1)7-12-11(10)5-6-14-13(12)8-15-16-14/h1-7,14-16H,8H2. The van der Waals surface area contributed by atoms with E-state index in [0.29, 0.717) is 6.04 Å². The van der Waals surface area contributed by atoms with Gasteiger partial charge in [0.05, 0.1) is 6.04 Å². The fourth-order valence-electron chi connectivity index (χ4n) is 2.76. The van der Waals surface area contributed by atoms with E-state index in [-0.39, 0.29) is 0 Å². The largest absolute Gasteiger partial charge is 0.253 e. The van der Waals surface area contributed by atoms with Crippen molar-refractivity contribution < 1.29 is 0 Å². The monoisotopic (exact) mass is 208 g/mol. The van der Waals surface area contributed by atoms with Gasteiger partial charge in [0, 0.05) is 6.54 Å². The first-order valence-electron chi connectivity index (χ1n) is 5.64. The summed E-state index contributed by atoms with van der Waals surface area (Å²) >= 11 is 0. The average Bonchev–Trinajstić information content (AvgIpc) is 2.92. The number of hydrogen-bond donors (Lipinski definition) is 2. The van der Waals surface area contributed by atoms with Gasteiger partial charge in [-0.15, -0.1) is 0 Å². The third-order valence-corrected chi connectivity index (χ3v) is 3.55. The fraction of sp³-hybridized carbons (Fsp3) is 0.143. The minimum absolute atomic E-state index is 0.379. The number of rotatable bonds is 0. The molecule has 0 radical (unpaired) electrons. The minimum atomic E-state index is 0.379. The highest BCUT2D eigenvalue weighted by Crippen LogP contribution is 2.28. The maximum Gasteiger partial charge on any atom is 0.0628 e. The average molecular weight is 208 g/mol. The molecule has 1 aromatic carbocycles. The molecule has 0 amide bonds. The lowest BCUT2D eigenvalue weighted by molar-refractivity contribution is 0.638. The van der Waals surface area contributed by atoms with Crippen LogP contribution in [0.15, 0.2) is 47.6 Å². The zero-order chi connectivity index (χ0) is 10.5. The van der Waals surface area contributed by atoms with Crippen molar-refractivity contribution in [2.45, 2.75) is 6.04 Å². The lowest BCUT2D eigenvalue weighted by Crippen LogP contribution is -2.29. The van der Waals surface area contributed by atoms with Gasteiger partial charge in [-0.1, -0.05) is 36.4 Å². The summed E-state index contributed by atoms with van der Waals surface area (Å²) in [7, 11) is 0. The molecule has 2 aliphatic carbocycles. The van der Waals surface area contributed by atoms with E-state index < -0.39 is 0 Å². The first kappa shape index (κ1) is 8.50. The number of fused-ring (bicyclic) bond motifs is 3. The summed E-state index contributed by atoms with van der Waals surface area (Å²) in [5.74, 6) is 0. The summed E-state index contributed by atoms with van der Waals surface area (Å²) in [5, 5.41) is 2.71. The lowest BCUT2D eigenvalue weighted by Gasteiger charge is -2.15. The zero-order valence-corrected chi connectivity index (χ0v) is 8.83. The van der Waals surface area contributed by atoms with Crippen molar-refractivity contribution in [1.82, 2.24) is 10.9 Å². The van der Waals surface area contributed by atoms with Crippen LogP contribution >= 0.6 is 0 Å². The quantitative estimate of drug-likeness (QED) is 0.626. The molecular weight excluding hydrogens is 196 g/mol. The predicted molar refractivity (Wildman–Crippen MR) is 64.7 cm³/mol. The van der Waals surface area contributed by atoms with Gasteiger partial charge in [-0.3, -0.25) is 5.43 Å². The van der Waals surface area contributed by atoms with Gasteiger partial charge in [0.25, 0.3) is 0 Å². The van der Waals surface area contributed by atoms with Crippen LogP contribution in [0.3, 0.4) is 0 Å². The van der Waals surface area contributed by atoms with E-state index in [9.17, 15) is 0 Å². The molecule has 1 aliphatic heterocycles. The third kappa shape index (κ3) is 0.979. The van der Waals surface area contributed by atoms with Gasteiger partial charge >= 0.3 is 0 Å². The second kappa shape index (κ2) is 2.94. The Morgan fingerprint density at radius 3 is 3.06 bits per heavy atom. The molecule has 3 aliphatic rings. The van der Waals surface area contributed by atoms with Gasteiger partial charge in [0.1, 0.15) is 0 Å². The molecular formula is C14H12N2. The molecule has 1 atom stereocenters. The van der Waals surface area contributed by atoms with Crippen LogP contribution in [0.2, 0.25) is 0 Å². The Hall–Kier alpha value is -1.64. The van der Waals surface area contributed by atoms with Gasteiger partial charge in [-0.25, -0.2) is 5.43 Å². The van der Waals surface area contributed by atoms with E-state index in [1.54, 1.807) is 0 Å². The molecule has 1 fully saturated rings. The number of allylic oxidation sites excluding steroid dienone is 2. The van der Waals surface area contributed by atoms with E-state index in [4.69, 9.17) is 0 Å². The molecule has 78 valence electrons. The first-order valence-corrected chi connectivity index (χ1v) is 5.64. The van der Waals surface area contributed by atoms with Crippen LogP contribution in [-0.2, 0) is 0 Å². The van der Waals surface area contributed by atoms with Crippen molar-refractivity contribution in [1.29, 1.82) is 0 Å². The fourth-order valence-corrected chi connectivity index (χ4v) is 2.76. The van der Waals surface area contributed by atoms with Crippen molar-refractivity contribution in [3.8, 4) is 0 Å². The number of benzene rings is 1. The van der Waals surface area contributed by atoms with E-state index in [0.717, 1.165) is 6.54 Å². The minimum Gasteiger partial charge on any atom is -0.253 e. The summed E-state index contributed by atoms with van der Waals surface area (Å²) < 4.78 is 0. The lowest BCUT2D eigenvalue weighted by atomic mass is 9.92. The Labute approximate surface area is 93.6 Å². The normalized spacial score (nSPS) is 25.2. The highest BCUT2D eigenvalue weighted by Gasteiger charge is 2.26. The summed E-state index contributed by atoms with van der Waals surface area (Å²) in [6, 6.07) is 8.98. The number of hydrazine groups is 1. The van der Waals surface area contributed by atoms with E-state index in [1.807, 2.05) is 0 Å². The summed E-state index contributed by atoms with van der Waals surface area (Å²) in [6.45, 7) is 0.943. The second-order valence-electron chi connectivity index (χ2n) is 4.42. The van der Waals surface area contributed by atoms with Gasteiger partial charge in [-0.2, -0.15) is 0 Å². The maximum atomic E-state index is 3.27. The van der Waals surface area contributed by atoms with E-state index in [1.165, 1.54) is 27.2 Å². The van der Waals surface area contributed by atoms with Crippen molar-refractivity contribution in [2.24, 2.45) is 0 Å². The summed E-state index contributed by atoms with van der Waals surface area (Å²) in [5.41, 5.74) is 10.7. The van der Waals surface area contributed by atoms with Crippen LogP contribution in [0.5, 0.6) is 0 Å². The third-order valence-electron chi connectivity index (χ3n) is 3.55. The Bertz CT molecular complexity index is 650. The topological polar surface area (TPSA) is 24.1 Å². The molecule has 0 saturated carbocycles. The van der Waals surface area contributed by atoms with Crippen LogP contribution < -0.4 is 21.3 Å². The molecule has 4 rings (SSSR count). The Morgan fingerprint density at radius 1 is 1.12 bits per heavy atom. The number of hydrogen-bond acceptors (Lipinski definition) is 2. The molecule has 16 heavy (non-hydrogen) atoms.